The van der Waals surface area contributed by atoms with E-state index in [0.717, 1.165) is 9.13 Å². The fourth-order valence-electron chi connectivity index (χ4n) is 1.83. The molecule has 0 spiro atoms. The van der Waals surface area contributed by atoms with Crippen molar-refractivity contribution in [1.82, 2.24) is 0 Å². The van der Waals surface area contributed by atoms with E-state index in [-0.39, 0.29) is 12.2 Å². The van der Waals surface area contributed by atoms with Gasteiger partial charge in [-0.15, -0.1) is 0 Å². The number of hydrogen-bond donors (Lipinski definition) is 0. The van der Waals surface area contributed by atoms with Gasteiger partial charge in [0.1, 0.15) is 5.75 Å². The van der Waals surface area contributed by atoms with Crippen LogP contribution in [-0.2, 0) is 6.42 Å². The van der Waals surface area contributed by atoms with E-state index in [9.17, 15) is 4.79 Å². The average molecular weight is 421 g/mol. The maximum absolute atomic E-state index is 12.3. The lowest BCUT2D eigenvalue weighted by Gasteiger charge is -2.09. The van der Waals surface area contributed by atoms with Crippen LogP contribution in [0.15, 0.2) is 36.4 Å². The van der Waals surface area contributed by atoms with Crippen LogP contribution >= 0.6 is 45.8 Å². The maximum Gasteiger partial charge on any atom is 0.167 e. The van der Waals surface area contributed by atoms with Crippen molar-refractivity contribution in [3.05, 3.63) is 61.1 Å². The molecular formula is C15H11Cl2IO2. The van der Waals surface area contributed by atoms with Crippen LogP contribution < -0.4 is 4.74 Å². The molecule has 2 rings (SSSR count). The molecule has 0 saturated heterocycles. The van der Waals surface area contributed by atoms with Crippen molar-refractivity contribution in [2.45, 2.75) is 6.42 Å². The van der Waals surface area contributed by atoms with Crippen LogP contribution in [0.25, 0.3) is 0 Å². The van der Waals surface area contributed by atoms with Crippen molar-refractivity contribution < 1.29 is 9.53 Å². The van der Waals surface area contributed by atoms with Crippen molar-refractivity contribution in [3.63, 3.8) is 0 Å². The van der Waals surface area contributed by atoms with Gasteiger partial charge in [0.15, 0.2) is 5.78 Å². The third-order valence-electron chi connectivity index (χ3n) is 2.84. The summed E-state index contributed by atoms with van der Waals surface area (Å²) in [5, 5.41) is 1.16. The van der Waals surface area contributed by atoms with E-state index in [1.54, 1.807) is 37.4 Å². The highest BCUT2D eigenvalue weighted by Crippen LogP contribution is 2.25. The molecule has 0 aliphatic rings. The van der Waals surface area contributed by atoms with E-state index >= 15 is 0 Å². The van der Waals surface area contributed by atoms with Gasteiger partial charge in [-0.1, -0.05) is 29.3 Å². The first-order valence-corrected chi connectivity index (χ1v) is 7.65. The second-order valence-electron chi connectivity index (χ2n) is 4.19. The van der Waals surface area contributed by atoms with Gasteiger partial charge in [0.05, 0.1) is 12.1 Å². The van der Waals surface area contributed by atoms with Crippen molar-refractivity contribution in [2.75, 3.05) is 7.11 Å². The van der Waals surface area contributed by atoms with Crippen LogP contribution in [0.3, 0.4) is 0 Å². The Balaban J connectivity index is 2.27. The maximum atomic E-state index is 12.3. The summed E-state index contributed by atoms with van der Waals surface area (Å²) in [7, 11) is 1.57. The summed E-state index contributed by atoms with van der Waals surface area (Å²) in [6.45, 7) is 0. The summed E-state index contributed by atoms with van der Waals surface area (Å²) in [5.41, 5.74) is 1.34. The minimum Gasteiger partial charge on any atom is -0.496 e. The number of ketones is 1. The Hall–Kier alpha value is -0.780. The Morgan fingerprint density at radius 2 is 1.95 bits per heavy atom. The number of rotatable bonds is 4. The first-order valence-electron chi connectivity index (χ1n) is 5.82. The third kappa shape index (κ3) is 3.65. The van der Waals surface area contributed by atoms with Gasteiger partial charge in [0.25, 0.3) is 0 Å². The van der Waals surface area contributed by atoms with Crippen LogP contribution in [0.4, 0.5) is 0 Å². The van der Waals surface area contributed by atoms with E-state index in [0.29, 0.717) is 21.4 Å². The quantitative estimate of drug-likeness (QED) is 0.512. The molecule has 0 N–H and O–H groups in total. The lowest BCUT2D eigenvalue weighted by Crippen LogP contribution is -2.05. The average Bonchev–Trinajstić information content (AvgIpc) is 2.42. The number of halogens is 3. The molecule has 0 aromatic heterocycles. The minimum atomic E-state index is -0.0242. The summed E-state index contributed by atoms with van der Waals surface area (Å²) >= 11 is 14.1. The van der Waals surface area contributed by atoms with Gasteiger partial charge < -0.3 is 4.74 Å². The van der Waals surface area contributed by atoms with Gasteiger partial charge in [-0.2, -0.15) is 0 Å². The molecule has 0 fully saturated rings. The van der Waals surface area contributed by atoms with Gasteiger partial charge in [0, 0.05) is 26.1 Å². The van der Waals surface area contributed by atoms with E-state index in [2.05, 4.69) is 22.6 Å². The smallest absolute Gasteiger partial charge is 0.167 e. The number of Topliss-reactive ketones (excluding diaryl/α,β-unsaturated/α-hetero) is 1. The molecule has 2 aromatic rings. The molecule has 5 heteroatoms. The largest absolute Gasteiger partial charge is 0.496 e. The van der Waals surface area contributed by atoms with Crippen molar-refractivity contribution in [3.8, 4) is 5.75 Å². The Bertz CT molecular complexity index is 656. The molecule has 0 amide bonds. The summed E-state index contributed by atoms with van der Waals surface area (Å²) in [6.07, 6.45) is 0.223. The third-order valence-corrected chi connectivity index (χ3v) is 4.64. The lowest BCUT2D eigenvalue weighted by molar-refractivity contribution is 0.0992. The van der Waals surface area contributed by atoms with E-state index in [4.69, 9.17) is 27.9 Å². The lowest BCUT2D eigenvalue weighted by atomic mass is 10.0. The van der Waals surface area contributed by atoms with E-state index in [1.807, 2.05) is 6.07 Å². The second-order valence-corrected chi connectivity index (χ2v) is 6.19. The molecule has 0 radical (unpaired) electrons. The van der Waals surface area contributed by atoms with Crippen LogP contribution in [0.2, 0.25) is 10.0 Å². The molecule has 20 heavy (non-hydrogen) atoms. The van der Waals surface area contributed by atoms with Gasteiger partial charge in [-0.05, 0) is 52.9 Å². The molecular weight excluding hydrogens is 410 g/mol. The summed E-state index contributed by atoms with van der Waals surface area (Å²) in [5.74, 6) is 0.628. The van der Waals surface area contributed by atoms with Crippen molar-refractivity contribution >= 4 is 51.6 Å². The van der Waals surface area contributed by atoms with Crippen LogP contribution in [0.1, 0.15) is 15.9 Å². The molecule has 2 aromatic carbocycles. The number of hydrogen-bond acceptors (Lipinski definition) is 2. The molecule has 2 nitrogen and oxygen atoms in total. The molecule has 0 unspecified atom stereocenters. The SMILES string of the molecule is COc1ccc(Cl)cc1CC(=O)c1ccc(I)c(Cl)c1. The Labute approximate surface area is 141 Å². The van der Waals surface area contributed by atoms with E-state index in [1.165, 1.54) is 0 Å². The highest BCUT2D eigenvalue weighted by molar-refractivity contribution is 14.1. The number of carbonyl (C=O) groups excluding carboxylic acids is 1. The molecule has 0 bridgehead atoms. The summed E-state index contributed by atoms with van der Waals surface area (Å²) in [6, 6.07) is 10.5. The second kappa shape index (κ2) is 6.78. The molecule has 0 aliphatic carbocycles. The van der Waals surface area contributed by atoms with Crippen molar-refractivity contribution in [2.24, 2.45) is 0 Å². The van der Waals surface area contributed by atoms with Gasteiger partial charge >= 0.3 is 0 Å². The Morgan fingerprint density at radius 3 is 2.60 bits per heavy atom. The normalized spacial score (nSPS) is 10.4. The number of ether oxygens (including phenoxy) is 1. The molecule has 0 saturated carbocycles. The number of benzene rings is 2. The standard InChI is InChI=1S/C15H11Cl2IO2/c1-20-15-5-3-11(16)6-10(15)8-14(19)9-2-4-13(18)12(17)7-9/h2-7H,8H2,1H3. The zero-order valence-corrected chi connectivity index (χ0v) is 14.3. The molecule has 0 atom stereocenters. The summed E-state index contributed by atoms with van der Waals surface area (Å²) < 4.78 is 6.16. The van der Waals surface area contributed by atoms with Crippen LogP contribution in [-0.4, -0.2) is 12.9 Å². The van der Waals surface area contributed by atoms with Gasteiger partial charge in [-0.25, -0.2) is 0 Å². The Morgan fingerprint density at radius 1 is 1.20 bits per heavy atom. The predicted octanol–water partition coefficient (Wildman–Crippen LogP) is 5.03. The molecule has 104 valence electrons. The minimum absolute atomic E-state index is 0.0242. The summed E-state index contributed by atoms with van der Waals surface area (Å²) in [4.78, 5) is 12.3. The van der Waals surface area contributed by atoms with Gasteiger partial charge in [0.2, 0.25) is 0 Å². The molecule has 0 aliphatic heterocycles. The zero-order valence-electron chi connectivity index (χ0n) is 10.6. The zero-order chi connectivity index (χ0) is 14.7. The van der Waals surface area contributed by atoms with Crippen LogP contribution in [0.5, 0.6) is 5.75 Å². The fraction of sp³-hybridized carbons (Fsp3) is 0.133. The monoisotopic (exact) mass is 420 g/mol. The fourth-order valence-corrected chi connectivity index (χ4v) is 2.54. The first kappa shape index (κ1) is 15.6. The van der Waals surface area contributed by atoms with Gasteiger partial charge in [-0.3, -0.25) is 4.79 Å². The topological polar surface area (TPSA) is 26.3 Å². The highest BCUT2D eigenvalue weighted by Gasteiger charge is 2.12. The van der Waals surface area contributed by atoms with E-state index < -0.39 is 0 Å². The van der Waals surface area contributed by atoms with Crippen LogP contribution in [0, 0.1) is 3.57 Å². The predicted molar refractivity (Wildman–Crippen MR) is 90.2 cm³/mol. The Kier molecular flexibility index (Phi) is 5.29. The number of carbonyl (C=O) groups is 1. The first-order chi connectivity index (χ1) is 9.51. The number of methoxy groups -OCH3 is 1. The molecule has 0 heterocycles. The highest BCUT2D eigenvalue weighted by atomic mass is 127. The van der Waals surface area contributed by atoms with Crippen molar-refractivity contribution in [1.29, 1.82) is 0 Å².